The Morgan fingerprint density at radius 3 is 3.08 bits per heavy atom. The number of pyridine rings is 1. The van der Waals surface area contributed by atoms with E-state index in [0.717, 1.165) is 6.54 Å². The molecule has 2 rings (SSSR count). The van der Waals surface area contributed by atoms with E-state index in [1.165, 1.54) is 11.1 Å². The van der Waals surface area contributed by atoms with Crippen molar-refractivity contribution in [2.45, 2.75) is 13.0 Å². The predicted molar refractivity (Wildman–Crippen MR) is 48.9 cm³/mol. The van der Waals surface area contributed by atoms with Crippen molar-refractivity contribution in [1.82, 2.24) is 10.3 Å². The van der Waals surface area contributed by atoms with Gasteiger partial charge in [0.25, 0.3) is 0 Å². The third-order valence-corrected chi connectivity index (χ3v) is 2.04. The van der Waals surface area contributed by atoms with Gasteiger partial charge in [-0.1, -0.05) is 18.2 Å². The lowest BCUT2D eigenvalue weighted by molar-refractivity contribution is 0.709. The highest BCUT2D eigenvalue weighted by Gasteiger charge is 2.10. The van der Waals surface area contributed by atoms with Gasteiger partial charge in [-0.05, 0) is 18.1 Å². The summed E-state index contributed by atoms with van der Waals surface area (Å²) in [4.78, 5) is 4.15. The number of aryl methyl sites for hydroxylation is 1. The highest BCUT2D eigenvalue weighted by molar-refractivity contribution is 5.25. The number of rotatable bonds is 1. The van der Waals surface area contributed by atoms with Gasteiger partial charge in [-0.15, -0.1) is 0 Å². The summed E-state index contributed by atoms with van der Waals surface area (Å²) in [5.41, 5.74) is 2.47. The van der Waals surface area contributed by atoms with Crippen LogP contribution in [0.2, 0.25) is 0 Å². The second-order valence-electron chi connectivity index (χ2n) is 3.11. The summed E-state index contributed by atoms with van der Waals surface area (Å²) in [5, 5.41) is 3.35. The minimum Gasteiger partial charge on any atom is -0.303 e. The first-order valence-corrected chi connectivity index (χ1v) is 4.18. The molecule has 0 saturated heterocycles. The maximum Gasteiger partial charge on any atom is 0.0524 e. The molecule has 0 radical (unpaired) electrons. The smallest absolute Gasteiger partial charge is 0.0524 e. The molecule has 62 valence electrons. The van der Waals surface area contributed by atoms with Crippen LogP contribution < -0.4 is 5.32 Å². The van der Waals surface area contributed by atoms with Crippen molar-refractivity contribution < 1.29 is 0 Å². The molecule has 1 aromatic rings. The van der Waals surface area contributed by atoms with E-state index < -0.39 is 0 Å². The third kappa shape index (κ3) is 1.38. The molecule has 2 nitrogen and oxygen atoms in total. The molecular weight excluding hydrogens is 148 g/mol. The summed E-state index contributed by atoms with van der Waals surface area (Å²) in [6.07, 6.45) is 8.12. The molecule has 1 aliphatic rings. The number of nitrogens with one attached hydrogen (secondary N) is 1. The average molecular weight is 160 g/mol. The van der Waals surface area contributed by atoms with Gasteiger partial charge >= 0.3 is 0 Å². The molecule has 1 unspecified atom stereocenters. The van der Waals surface area contributed by atoms with E-state index in [9.17, 15) is 0 Å². The molecule has 1 aliphatic heterocycles. The van der Waals surface area contributed by atoms with E-state index in [2.05, 4.69) is 35.4 Å². The molecule has 2 heteroatoms. The first kappa shape index (κ1) is 7.50. The summed E-state index contributed by atoms with van der Waals surface area (Å²) < 4.78 is 0. The van der Waals surface area contributed by atoms with Gasteiger partial charge in [0.1, 0.15) is 0 Å². The van der Waals surface area contributed by atoms with E-state index in [-0.39, 0.29) is 0 Å². The fourth-order valence-corrected chi connectivity index (χ4v) is 1.44. The minimum absolute atomic E-state index is 0.373. The topological polar surface area (TPSA) is 24.9 Å². The largest absolute Gasteiger partial charge is 0.303 e. The lowest BCUT2D eigenvalue weighted by Crippen LogP contribution is -2.13. The fraction of sp³-hybridized carbons (Fsp3) is 0.300. The molecule has 0 fully saturated rings. The van der Waals surface area contributed by atoms with E-state index in [1.807, 2.05) is 12.4 Å². The number of hydrogen-bond acceptors (Lipinski definition) is 2. The molecule has 0 aliphatic carbocycles. The predicted octanol–water partition coefficient (Wildman–Crippen LogP) is 1.59. The Morgan fingerprint density at radius 1 is 1.50 bits per heavy atom. The Balaban J connectivity index is 2.27. The van der Waals surface area contributed by atoms with Crippen LogP contribution in [0.5, 0.6) is 0 Å². The monoisotopic (exact) mass is 160 g/mol. The summed E-state index contributed by atoms with van der Waals surface area (Å²) >= 11 is 0. The molecule has 0 bridgehead atoms. The van der Waals surface area contributed by atoms with Crippen molar-refractivity contribution in [3.8, 4) is 0 Å². The quantitative estimate of drug-likeness (QED) is 0.631. The Kier molecular flexibility index (Phi) is 1.92. The second kappa shape index (κ2) is 3.07. The Morgan fingerprint density at radius 2 is 2.42 bits per heavy atom. The molecule has 1 N–H and O–H groups in total. The van der Waals surface area contributed by atoms with E-state index >= 15 is 0 Å². The second-order valence-corrected chi connectivity index (χ2v) is 3.11. The third-order valence-electron chi connectivity index (χ3n) is 2.04. The van der Waals surface area contributed by atoms with Gasteiger partial charge in [0.15, 0.2) is 0 Å². The SMILES string of the molecule is Cc1cncc(C2C=CCN2)c1. The minimum atomic E-state index is 0.373. The van der Waals surface area contributed by atoms with Crippen molar-refractivity contribution >= 4 is 0 Å². The normalized spacial score (nSPS) is 21.6. The Hall–Kier alpha value is -1.15. The van der Waals surface area contributed by atoms with Gasteiger partial charge in [-0.2, -0.15) is 0 Å². The first-order valence-electron chi connectivity index (χ1n) is 4.18. The summed E-state index contributed by atoms with van der Waals surface area (Å²) in [5.74, 6) is 0. The first-order chi connectivity index (χ1) is 5.86. The number of aromatic nitrogens is 1. The molecular formula is C10H12N2. The van der Waals surface area contributed by atoms with Crippen LogP contribution >= 0.6 is 0 Å². The maximum atomic E-state index is 4.15. The van der Waals surface area contributed by atoms with Gasteiger partial charge in [0.2, 0.25) is 0 Å². The summed E-state index contributed by atoms with van der Waals surface area (Å²) in [7, 11) is 0. The lowest BCUT2D eigenvalue weighted by atomic mass is 10.1. The van der Waals surface area contributed by atoms with Crippen LogP contribution in [0.1, 0.15) is 17.2 Å². The van der Waals surface area contributed by atoms with Crippen molar-refractivity contribution in [2.24, 2.45) is 0 Å². The van der Waals surface area contributed by atoms with E-state index in [0.29, 0.717) is 6.04 Å². The summed E-state index contributed by atoms with van der Waals surface area (Å²) in [6, 6.07) is 2.54. The van der Waals surface area contributed by atoms with Gasteiger partial charge in [0, 0.05) is 18.9 Å². The van der Waals surface area contributed by atoms with Crippen LogP contribution in [0.4, 0.5) is 0 Å². The van der Waals surface area contributed by atoms with Gasteiger partial charge < -0.3 is 5.32 Å². The van der Waals surface area contributed by atoms with Crippen LogP contribution in [0.15, 0.2) is 30.6 Å². The van der Waals surface area contributed by atoms with Crippen LogP contribution in [0, 0.1) is 6.92 Å². The maximum absolute atomic E-state index is 4.15. The zero-order chi connectivity index (χ0) is 8.39. The van der Waals surface area contributed by atoms with Crippen molar-refractivity contribution in [2.75, 3.05) is 6.54 Å². The zero-order valence-corrected chi connectivity index (χ0v) is 7.12. The molecule has 0 aromatic carbocycles. The van der Waals surface area contributed by atoms with Crippen LogP contribution in [-0.2, 0) is 0 Å². The molecule has 1 atom stereocenters. The van der Waals surface area contributed by atoms with Crippen molar-refractivity contribution in [3.05, 3.63) is 41.7 Å². The highest BCUT2D eigenvalue weighted by Crippen LogP contribution is 2.16. The lowest BCUT2D eigenvalue weighted by Gasteiger charge is -2.08. The number of hydrogen-bond donors (Lipinski definition) is 1. The van der Waals surface area contributed by atoms with Crippen molar-refractivity contribution in [3.63, 3.8) is 0 Å². The standard InChI is InChI=1S/C10H12N2/c1-8-5-9(7-11-6-8)10-3-2-4-12-10/h2-3,5-7,10,12H,4H2,1H3. The Bertz CT molecular complexity index is 304. The van der Waals surface area contributed by atoms with Crippen LogP contribution in [0.25, 0.3) is 0 Å². The number of nitrogens with zero attached hydrogens (tertiary/aromatic N) is 1. The molecule has 0 amide bonds. The molecule has 0 spiro atoms. The fourth-order valence-electron chi connectivity index (χ4n) is 1.44. The molecule has 2 heterocycles. The van der Waals surface area contributed by atoms with Crippen LogP contribution in [0.3, 0.4) is 0 Å². The van der Waals surface area contributed by atoms with Gasteiger partial charge in [-0.25, -0.2) is 0 Å². The van der Waals surface area contributed by atoms with Crippen LogP contribution in [-0.4, -0.2) is 11.5 Å². The molecule has 1 aromatic heterocycles. The average Bonchev–Trinajstić information content (AvgIpc) is 2.56. The van der Waals surface area contributed by atoms with Crippen molar-refractivity contribution in [1.29, 1.82) is 0 Å². The zero-order valence-electron chi connectivity index (χ0n) is 7.12. The molecule has 0 saturated carbocycles. The molecule has 12 heavy (non-hydrogen) atoms. The van der Waals surface area contributed by atoms with E-state index in [1.54, 1.807) is 0 Å². The summed E-state index contributed by atoms with van der Waals surface area (Å²) in [6.45, 7) is 3.04. The van der Waals surface area contributed by atoms with Gasteiger partial charge in [0.05, 0.1) is 6.04 Å². The Labute approximate surface area is 72.3 Å². The highest BCUT2D eigenvalue weighted by atomic mass is 14.9. The van der Waals surface area contributed by atoms with Gasteiger partial charge in [-0.3, -0.25) is 4.98 Å². The van der Waals surface area contributed by atoms with E-state index in [4.69, 9.17) is 0 Å².